The summed E-state index contributed by atoms with van der Waals surface area (Å²) in [5, 5.41) is 9.61. The van der Waals surface area contributed by atoms with E-state index in [9.17, 15) is 14.7 Å². The van der Waals surface area contributed by atoms with Gasteiger partial charge in [0.1, 0.15) is 11.3 Å². The summed E-state index contributed by atoms with van der Waals surface area (Å²) >= 11 is 0. The largest absolute Gasteiger partial charge is 0.495 e. The lowest BCUT2D eigenvalue weighted by atomic mass is 10.0. The number of aryl methyl sites for hydroxylation is 1. The molecule has 1 aromatic carbocycles. The quantitative estimate of drug-likeness (QED) is 0.934. The van der Waals surface area contributed by atoms with Crippen LogP contribution in [0.4, 0.5) is 0 Å². The molecule has 5 heteroatoms. The van der Waals surface area contributed by atoms with Crippen molar-refractivity contribution in [1.82, 2.24) is 4.57 Å². The van der Waals surface area contributed by atoms with Crippen LogP contribution in [-0.2, 0) is 0 Å². The molecule has 1 N–H and O–H groups in total. The van der Waals surface area contributed by atoms with E-state index in [2.05, 4.69) is 0 Å². The Bertz CT molecular complexity index is 744. The Labute approximate surface area is 116 Å². The first kappa shape index (κ1) is 14.1. The van der Waals surface area contributed by atoms with Gasteiger partial charge in [0.2, 0.25) is 5.43 Å². The minimum Gasteiger partial charge on any atom is -0.495 e. The predicted octanol–water partition coefficient (Wildman–Crippen LogP) is 2.60. The highest BCUT2D eigenvalue weighted by molar-refractivity contribution is 5.95. The van der Waals surface area contributed by atoms with E-state index >= 15 is 0 Å². The molecular formula is C15H17NO4. The van der Waals surface area contributed by atoms with Gasteiger partial charge in [-0.15, -0.1) is 0 Å². The number of carbonyl (C=O) groups is 1. The Morgan fingerprint density at radius 3 is 2.50 bits per heavy atom. The molecule has 0 aliphatic carbocycles. The maximum atomic E-state index is 12.4. The highest BCUT2D eigenvalue weighted by Gasteiger charge is 2.19. The molecular weight excluding hydrogens is 258 g/mol. The fourth-order valence-corrected chi connectivity index (χ4v) is 2.34. The first-order chi connectivity index (χ1) is 9.38. The van der Waals surface area contributed by atoms with E-state index in [1.54, 1.807) is 23.6 Å². The van der Waals surface area contributed by atoms with Gasteiger partial charge in [0.15, 0.2) is 0 Å². The van der Waals surface area contributed by atoms with Gasteiger partial charge in [-0.1, -0.05) is 6.07 Å². The van der Waals surface area contributed by atoms with Crippen LogP contribution in [0.2, 0.25) is 0 Å². The van der Waals surface area contributed by atoms with Gasteiger partial charge < -0.3 is 14.4 Å². The molecule has 0 aliphatic heterocycles. The van der Waals surface area contributed by atoms with Crippen LogP contribution >= 0.6 is 0 Å². The average Bonchev–Trinajstić information content (AvgIpc) is 2.38. The lowest BCUT2D eigenvalue weighted by Crippen LogP contribution is -2.20. The number of hydrogen-bond acceptors (Lipinski definition) is 3. The summed E-state index contributed by atoms with van der Waals surface area (Å²) in [6.07, 6.45) is 1.39. The summed E-state index contributed by atoms with van der Waals surface area (Å²) < 4.78 is 7.09. The highest BCUT2D eigenvalue weighted by atomic mass is 16.5. The molecule has 2 rings (SSSR count). The van der Waals surface area contributed by atoms with E-state index in [-0.39, 0.29) is 11.6 Å². The van der Waals surface area contributed by atoms with E-state index in [4.69, 9.17) is 4.74 Å². The molecule has 2 aromatic rings. The third-order valence-electron chi connectivity index (χ3n) is 3.35. The number of benzene rings is 1. The zero-order valence-electron chi connectivity index (χ0n) is 11.9. The number of rotatable bonds is 3. The molecule has 0 amide bonds. The third kappa shape index (κ3) is 2.05. The van der Waals surface area contributed by atoms with Gasteiger partial charge in [-0.05, 0) is 32.4 Å². The van der Waals surface area contributed by atoms with Crippen molar-refractivity contribution < 1.29 is 14.6 Å². The minimum atomic E-state index is -1.21. The summed E-state index contributed by atoms with van der Waals surface area (Å²) in [4.78, 5) is 23.6. The molecule has 0 atom stereocenters. The maximum Gasteiger partial charge on any atom is 0.341 e. The van der Waals surface area contributed by atoms with Gasteiger partial charge in [0.25, 0.3) is 0 Å². The van der Waals surface area contributed by atoms with Crippen LogP contribution in [0.25, 0.3) is 10.9 Å². The van der Waals surface area contributed by atoms with E-state index in [0.29, 0.717) is 16.7 Å². The van der Waals surface area contributed by atoms with Gasteiger partial charge in [-0.2, -0.15) is 0 Å². The fourth-order valence-electron chi connectivity index (χ4n) is 2.34. The minimum absolute atomic E-state index is 0.00639. The Kier molecular flexibility index (Phi) is 3.53. The number of aromatic nitrogens is 1. The Morgan fingerprint density at radius 1 is 1.35 bits per heavy atom. The highest BCUT2D eigenvalue weighted by Crippen LogP contribution is 2.28. The van der Waals surface area contributed by atoms with Crippen molar-refractivity contribution in [3.8, 4) is 5.75 Å². The van der Waals surface area contributed by atoms with E-state index < -0.39 is 11.4 Å². The molecule has 106 valence electrons. The van der Waals surface area contributed by atoms with Gasteiger partial charge in [0, 0.05) is 12.2 Å². The van der Waals surface area contributed by atoms with Crippen molar-refractivity contribution in [2.24, 2.45) is 0 Å². The van der Waals surface area contributed by atoms with E-state index in [1.807, 2.05) is 13.8 Å². The second kappa shape index (κ2) is 5.00. The summed E-state index contributed by atoms with van der Waals surface area (Å²) in [6.45, 7) is 5.65. The molecule has 1 heterocycles. The first-order valence-electron chi connectivity index (χ1n) is 6.34. The third-order valence-corrected chi connectivity index (χ3v) is 3.35. The van der Waals surface area contributed by atoms with Crippen LogP contribution < -0.4 is 10.2 Å². The van der Waals surface area contributed by atoms with Crippen LogP contribution in [0.5, 0.6) is 5.75 Å². The maximum absolute atomic E-state index is 12.4. The number of methoxy groups -OCH3 is 1. The number of pyridine rings is 1. The van der Waals surface area contributed by atoms with E-state index in [0.717, 1.165) is 5.56 Å². The lowest BCUT2D eigenvalue weighted by Gasteiger charge is -2.19. The van der Waals surface area contributed by atoms with Gasteiger partial charge in [0.05, 0.1) is 18.0 Å². The standard InChI is InChI=1S/C15H17NO4/c1-8(2)16-7-10(15(18)19)14(17)12-9(3)5-6-11(20-4)13(12)16/h5-8H,1-4H3,(H,18,19). The number of fused-ring (bicyclic) bond motifs is 1. The number of carboxylic acids is 1. The van der Waals surface area contributed by atoms with Crippen LogP contribution in [0.3, 0.4) is 0 Å². The van der Waals surface area contributed by atoms with Crippen LogP contribution in [-0.4, -0.2) is 22.8 Å². The first-order valence-corrected chi connectivity index (χ1v) is 6.34. The fraction of sp³-hybridized carbons (Fsp3) is 0.333. The summed E-state index contributed by atoms with van der Waals surface area (Å²) in [5.74, 6) is -0.651. The molecule has 0 spiro atoms. The molecule has 0 unspecified atom stereocenters. The molecule has 0 saturated heterocycles. The monoisotopic (exact) mass is 275 g/mol. The Hall–Kier alpha value is -2.30. The van der Waals surface area contributed by atoms with Crippen LogP contribution in [0.15, 0.2) is 23.1 Å². The zero-order valence-corrected chi connectivity index (χ0v) is 11.9. The second-order valence-corrected chi connectivity index (χ2v) is 4.99. The molecule has 0 fully saturated rings. The van der Waals surface area contributed by atoms with Crippen molar-refractivity contribution in [1.29, 1.82) is 0 Å². The SMILES string of the molecule is COc1ccc(C)c2c(=O)c(C(=O)O)cn(C(C)C)c12. The van der Waals surface area contributed by atoms with Crippen molar-refractivity contribution in [3.05, 3.63) is 39.7 Å². The van der Waals surface area contributed by atoms with Gasteiger partial charge in [-0.25, -0.2) is 4.79 Å². The van der Waals surface area contributed by atoms with Crippen molar-refractivity contribution in [2.75, 3.05) is 7.11 Å². The molecule has 5 nitrogen and oxygen atoms in total. The molecule has 1 aromatic heterocycles. The number of aromatic carboxylic acids is 1. The number of ether oxygens (including phenoxy) is 1. The molecule has 0 saturated carbocycles. The Balaban J connectivity index is 3.09. The number of nitrogens with zero attached hydrogens (tertiary/aromatic N) is 1. The van der Waals surface area contributed by atoms with Crippen LogP contribution in [0, 0.1) is 6.92 Å². The summed E-state index contributed by atoms with van der Waals surface area (Å²) in [6, 6.07) is 3.56. The number of hydrogen-bond donors (Lipinski definition) is 1. The van der Waals surface area contributed by atoms with Crippen LogP contribution in [0.1, 0.15) is 35.8 Å². The zero-order chi connectivity index (χ0) is 15.0. The lowest BCUT2D eigenvalue weighted by molar-refractivity contribution is 0.0694. The molecule has 0 bridgehead atoms. The number of carboxylic acid groups (broad SMARTS) is 1. The van der Waals surface area contributed by atoms with E-state index in [1.165, 1.54) is 13.3 Å². The summed E-state index contributed by atoms with van der Waals surface area (Å²) in [5.41, 5.74) is 0.684. The average molecular weight is 275 g/mol. The second-order valence-electron chi connectivity index (χ2n) is 4.99. The van der Waals surface area contributed by atoms with Gasteiger partial charge >= 0.3 is 5.97 Å². The predicted molar refractivity (Wildman–Crippen MR) is 76.8 cm³/mol. The molecule has 0 radical (unpaired) electrons. The van der Waals surface area contributed by atoms with Gasteiger partial charge in [-0.3, -0.25) is 4.79 Å². The van der Waals surface area contributed by atoms with Crippen molar-refractivity contribution >= 4 is 16.9 Å². The van der Waals surface area contributed by atoms with Crippen molar-refractivity contribution in [2.45, 2.75) is 26.8 Å². The van der Waals surface area contributed by atoms with Crippen molar-refractivity contribution in [3.63, 3.8) is 0 Å². The topological polar surface area (TPSA) is 68.5 Å². The molecule has 0 aliphatic rings. The Morgan fingerprint density at radius 2 is 2.00 bits per heavy atom. The smallest absolute Gasteiger partial charge is 0.341 e. The summed E-state index contributed by atoms with van der Waals surface area (Å²) in [7, 11) is 1.53. The normalized spacial score (nSPS) is 11.1. The molecule has 20 heavy (non-hydrogen) atoms.